The number of ether oxygens (including phenoxy) is 1. The van der Waals surface area contributed by atoms with Crippen LogP contribution in [0.2, 0.25) is 0 Å². The summed E-state index contributed by atoms with van der Waals surface area (Å²) in [7, 11) is -4.13. The molecule has 3 aromatic rings. The molecule has 1 amide bonds. The van der Waals surface area contributed by atoms with Gasteiger partial charge in [0.25, 0.3) is 5.91 Å². The van der Waals surface area contributed by atoms with Crippen LogP contribution in [0.1, 0.15) is 23.6 Å². The molecule has 9 heteroatoms. The molecule has 180 valence electrons. The molecule has 1 N–H and O–H groups in total. The van der Waals surface area contributed by atoms with Crippen molar-refractivity contribution in [3.05, 3.63) is 87.4 Å². The highest BCUT2D eigenvalue weighted by Gasteiger charge is 2.22. The minimum atomic E-state index is -4.13. The van der Waals surface area contributed by atoms with Crippen LogP contribution >= 0.6 is 15.9 Å². The molecular weight excluding hydrogens is 532 g/mol. The SMILES string of the molecule is CCOc1cc(/C=C(\C#N)C(=O)Nc2ccccc2C)cc(Br)c1OS(=O)(=O)c1ccc(C)cc1. The first-order valence-corrected chi connectivity index (χ1v) is 12.8. The Morgan fingerprint density at radius 3 is 2.43 bits per heavy atom. The zero-order valence-electron chi connectivity index (χ0n) is 19.3. The summed E-state index contributed by atoms with van der Waals surface area (Å²) in [5.41, 5.74) is 2.67. The second-order valence-electron chi connectivity index (χ2n) is 7.55. The Morgan fingerprint density at radius 2 is 1.80 bits per heavy atom. The number of anilines is 1. The highest BCUT2D eigenvalue weighted by molar-refractivity contribution is 9.10. The van der Waals surface area contributed by atoms with E-state index in [2.05, 4.69) is 21.2 Å². The second kappa shape index (κ2) is 11.2. The van der Waals surface area contributed by atoms with Crippen molar-refractivity contribution >= 4 is 43.7 Å². The molecule has 0 unspecified atom stereocenters. The van der Waals surface area contributed by atoms with Crippen LogP contribution < -0.4 is 14.2 Å². The number of carbonyl (C=O) groups is 1. The fourth-order valence-electron chi connectivity index (χ4n) is 3.10. The number of hydrogen-bond acceptors (Lipinski definition) is 6. The van der Waals surface area contributed by atoms with Crippen molar-refractivity contribution in [3.63, 3.8) is 0 Å². The summed E-state index contributed by atoms with van der Waals surface area (Å²) in [5, 5.41) is 12.3. The number of halogens is 1. The average molecular weight is 555 g/mol. The second-order valence-corrected chi connectivity index (χ2v) is 9.95. The Morgan fingerprint density at radius 1 is 1.11 bits per heavy atom. The molecule has 35 heavy (non-hydrogen) atoms. The molecule has 0 atom stereocenters. The van der Waals surface area contributed by atoms with Crippen LogP contribution in [0, 0.1) is 25.2 Å². The molecule has 0 saturated carbocycles. The highest BCUT2D eigenvalue weighted by atomic mass is 79.9. The van der Waals surface area contributed by atoms with E-state index in [0.29, 0.717) is 11.3 Å². The van der Waals surface area contributed by atoms with Crippen molar-refractivity contribution in [2.24, 2.45) is 0 Å². The number of carbonyl (C=O) groups excluding carboxylic acids is 1. The van der Waals surface area contributed by atoms with Crippen molar-refractivity contribution < 1.29 is 22.1 Å². The van der Waals surface area contributed by atoms with Gasteiger partial charge in [-0.2, -0.15) is 13.7 Å². The number of nitriles is 1. The quantitative estimate of drug-likeness (QED) is 0.215. The molecule has 0 saturated heterocycles. The van der Waals surface area contributed by atoms with E-state index in [9.17, 15) is 18.5 Å². The lowest BCUT2D eigenvalue weighted by molar-refractivity contribution is -0.112. The first kappa shape index (κ1) is 26.0. The van der Waals surface area contributed by atoms with Gasteiger partial charge in [0.2, 0.25) is 0 Å². The van der Waals surface area contributed by atoms with Gasteiger partial charge in [-0.15, -0.1) is 0 Å². The highest BCUT2D eigenvalue weighted by Crippen LogP contribution is 2.39. The van der Waals surface area contributed by atoms with Gasteiger partial charge in [-0.25, -0.2) is 0 Å². The Balaban J connectivity index is 1.95. The number of benzene rings is 3. The molecule has 0 spiro atoms. The van der Waals surface area contributed by atoms with Gasteiger partial charge >= 0.3 is 10.1 Å². The monoisotopic (exact) mass is 554 g/mol. The minimum Gasteiger partial charge on any atom is -0.490 e. The van der Waals surface area contributed by atoms with E-state index in [1.165, 1.54) is 24.3 Å². The Labute approximate surface area is 213 Å². The maximum atomic E-state index is 12.8. The van der Waals surface area contributed by atoms with E-state index < -0.39 is 16.0 Å². The van der Waals surface area contributed by atoms with Crippen LogP contribution in [-0.2, 0) is 14.9 Å². The summed E-state index contributed by atoms with van der Waals surface area (Å²) < 4.78 is 36.9. The van der Waals surface area contributed by atoms with Gasteiger partial charge in [0.15, 0.2) is 11.5 Å². The van der Waals surface area contributed by atoms with E-state index in [1.807, 2.05) is 32.0 Å². The summed E-state index contributed by atoms with van der Waals surface area (Å²) in [6, 6.07) is 18.4. The van der Waals surface area contributed by atoms with Crippen molar-refractivity contribution in [2.45, 2.75) is 25.7 Å². The molecule has 3 aromatic carbocycles. The van der Waals surface area contributed by atoms with Gasteiger partial charge in [0, 0.05) is 5.69 Å². The molecule has 0 fully saturated rings. The smallest absolute Gasteiger partial charge is 0.339 e. The molecule has 0 bridgehead atoms. The van der Waals surface area contributed by atoms with Crippen molar-refractivity contribution in [1.29, 1.82) is 5.26 Å². The predicted octanol–water partition coefficient (Wildman–Crippen LogP) is 5.78. The van der Waals surface area contributed by atoms with Gasteiger partial charge in [-0.3, -0.25) is 4.79 Å². The van der Waals surface area contributed by atoms with Crippen LogP contribution in [0.4, 0.5) is 5.69 Å². The van der Waals surface area contributed by atoms with Crippen LogP contribution in [0.3, 0.4) is 0 Å². The molecule has 3 rings (SSSR count). The maximum Gasteiger partial charge on any atom is 0.339 e. The number of para-hydroxylation sites is 1. The molecule has 0 aliphatic heterocycles. The zero-order chi connectivity index (χ0) is 25.6. The number of nitrogens with one attached hydrogen (secondary N) is 1. The minimum absolute atomic E-state index is 0.000985. The van der Waals surface area contributed by atoms with Crippen LogP contribution in [0.5, 0.6) is 11.5 Å². The molecular formula is C26H23BrN2O5S. The third-order valence-electron chi connectivity index (χ3n) is 4.90. The Kier molecular flexibility index (Phi) is 8.33. The van der Waals surface area contributed by atoms with Crippen molar-refractivity contribution in [3.8, 4) is 17.6 Å². The third-order valence-corrected chi connectivity index (χ3v) is 6.73. The molecule has 0 heterocycles. The fraction of sp³-hybridized carbons (Fsp3) is 0.154. The van der Waals surface area contributed by atoms with Gasteiger partial charge < -0.3 is 14.2 Å². The van der Waals surface area contributed by atoms with Gasteiger partial charge in [0.05, 0.1) is 11.1 Å². The molecule has 0 aliphatic carbocycles. The summed E-state index contributed by atoms with van der Waals surface area (Å²) in [6.45, 7) is 5.68. The van der Waals surface area contributed by atoms with Crippen molar-refractivity contribution in [1.82, 2.24) is 0 Å². The lowest BCUT2D eigenvalue weighted by Crippen LogP contribution is -2.14. The predicted molar refractivity (Wildman–Crippen MR) is 138 cm³/mol. The molecule has 0 aliphatic rings. The molecule has 0 radical (unpaired) electrons. The molecule has 7 nitrogen and oxygen atoms in total. The van der Waals surface area contributed by atoms with E-state index in [1.54, 1.807) is 37.3 Å². The average Bonchev–Trinajstić information content (AvgIpc) is 2.81. The number of amides is 1. The number of nitrogens with zero attached hydrogens (tertiary/aromatic N) is 1. The van der Waals surface area contributed by atoms with E-state index in [-0.39, 0.29) is 33.0 Å². The maximum absolute atomic E-state index is 12.8. The van der Waals surface area contributed by atoms with Crippen LogP contribution in [0.25, 0.3) is 6.08 Å². The van der Waals surface area contributed by atoms with Crippen LogP contribution in [-0.4, -0.2) is 20.9 Å². The first-order valence-electron chi connectivity index (χ1n) is 10.6. The normalized spacial score (nSPS) is 11.5. The van der Waals surface area contributed by atoms with Gasteiger partial charge in [-0.1, -0.05) is 35.9 Å². The lowest BCUT2D eigenvalue weighted by atomic mass is 10.1. The first-order chi connectivity index (χ1) is 16.6. The third kappa shape index (κ3) is 6.50. The topological polar surface area (TPSA) is 105 Å². The number of hydrogen-bond donors (Lipinski definition) is 1. The fourth-order valence-corrected chi connectivity index (χ4v) is 4.70. The lowest BCUT2D eigenvalue weighted by Gasteiger charge is -2.15. The van der Waals surface area contributed by atoms with E-state index in [4.69, 9.17) is 8.92 Å². The van der Waals surface area contributed by atoms with Gasteiger partial charge in [-0.05, 0) is 84.2 Å². The largest absolute Gasteiger partial charge is 0.490 e. The zero-order valence-corrected chi connectivity index (χ0v) is 21.7. The summed E-state index contributed by atoms with van der Waals surface area (Å²) in [5.74, 6) is -0.467. The van der Waals surface area contributed by atoms with Crippen molar-refractivity contribution in [2.75, 3.05) is 11.9 Å². The van der Waals surface area contributed by atoms with Gasteiger partial charge in [0.1, 0.15) is 16.5 Å². The Bertz CT molecular complexity index is 1430. The van der Waals surface area contributed by atoms with E-state index in [0.717, 1.165) is 11.1 Å². The molecule has 0 aromatic heterocycles. The summed E-state index contributed by atoms with van der Waals surface area (Å²) >= 11 is 3.33. The standard InChI is InChI=1S/C26H23BrN2O5S/c1-4-33-24-15-19(13-20(16-28)26(30)29-23-8-6-5-7-18(23)3)14-22(27)25(24)34-35(31,32)21-11-9-17(2)10-12-21/h5-15H,4H2,1-3H3,(H,29,30)/b20-13+. The van der Waals surface area contributed by atoms with E-state index >= 15 is 0 Å². The Hall–Kier alpha value is -3.61. The number of aryl methyl sites for hydroxylation is 2. The summed E-state index contributed by atoms with van der Waals surface area (Å²) in [6.07, 6.45) is 1.39. The van der Waals surface area contributed by atoms with Crippen LogP contribution in [0.15, 0.2) is 75.6 Å². The number of rotatable bonds is 8. The summed E-state index contributed by atoms with van der Waals surface area (Å²) in [4.78, 5) is 12.7.